The summed E-state index contributed by atoms with van der Waals surface area (Å²) in [6.07, 6.45) is -0.944. The van der Waals surface area contributed by atoms with Crippen molar-refractivity contribution in [3.8, 4) is 0 Å². The molecule has 0 fully saturated rings. The average Bonchev–Trinajstić information content (AvgIpc) is 2.13. The van der Waals surface area contributed by atoms with E-state index >= 15 is 0 Å². The first kappa shape index (κ1) is 27.3. The van der Waals surface area contributed by atoms with Crippen LogP contribution in [0.25, 0.3) is 0 Å². The van der Waals surface area contributed by atoms with E-state index in [2.05, 4.69) is 0 Å². The number of carboxylic acids is 3. The molecule has 0 aliphatic rings. The molecule has 0 amide bonds. The van der Waals surface area contributed by atoms with Gasteiger partial charge in [-0.15, -0.1) is 0 Å². The third-order valence-corrected chi connectivity index (χ3v) is 1.07. The van der Waals surface area contributed by atoms with Gasteiger partial charge >= 0.3 is 16.8 Å². The molecule has 0 spiro atoms. The molecule has 0 bridgehead atoms. The molecule has 0 saturated heterocycles. The quantitative estimate of drug-likeness (QED) is 0.352. The number of Topliss-reactive ketones (excluding diaryl/α,β-unsaturated/α-hetero) is 3. The number of hydrogen-bond acceptors (Lipinski definition) is 9. The molecule has 0 aromatic rings. The molecule has 120 valence electrons. The van der Waals surface area contributed by atoms with E-state index in [1.165, 1.54) is 13.8 Å². The van der Waals surface area contributed by atoms with Crippen LogP contribution in [0, 0.1) is 0 Å². The molecule has 0 aromatic carbocycles. The van der Waals surface area contributed by atoms with E-state index < -0.39 is 36.5 Å². The van der Waals surface area contributed by atoms with E-state index in [4.69, 9.17) is 0 Å². The van der Waals surface area contributed by atoms with Crippen LogP contribution in [0.15, 0.2) is 0 Å². The Morgan fingerprint density at radius 2 is 0.857 bits per heavy atom. The van der Waals surface area contributed by atoms with Crippen molar-refractivity contribution in [2.24, 2.45) is 0 Å². The number of aliphatic carboxylic acids is 3. The minimum Gasteiger partial charge on any atom is -0.550 e. The Morgan fingerprint density at radius 3 is 0.857 bits per heavy atom. The molecule has 0 radical (unpaired) electrons. The summed E-state index contributed by atoms with van der Waals surface area (Å²) in [4.78, 5) is 57.3. The molecule has 0 N–H and O–H groups in total. The fourth-order valence-electron chi connectivity index (χ4n) is 0.407. The van der Waals surface area contributed by atoms with Gasteiger partial charge in [0.25, 0.3) is 0 Å². The molecule has 0 heterocycles. The van der Waals surface area contributed by atoms with Gasteiger partial charge in [-0.3, -0.25) is 14.4 Å². The topological polar surface area (TPSA) is 172 Å². The van der Waals surface area contributed by atoms with Crippen molar-refractivity contribution >= 4 is 35.3 Å². The van der Waals surface area contributed by atoms with Crippen LogP contribution in [-0.2, 0) is 45.5 Å². The summed E-state index contributed by atoms with van der Waals surface area (Å²) in [6, 6.07) is 0. The van der Waals surface area contributed by atoms with E-state index in [-0.39, 0.29) is 28.3 Å². The Balaban J connectivity index is -0.000000101. The fraction of sp³-hybridized carbons (Fsp3) is 0.455. The Kier molecular flexibility index (Phi) is 20.8. The number of rotatable bonds is 5. The van der Waals surface area contributed by atoms with Crippen molar-refractivity contribution in [3.63, 3.8) is 0 Å². The van der Waals surface area contributed by atoms with Gasteiger partial charge < -0.3 is 29.7 Å². The first-order valence-corrected chi connectivity index (χ1v) is 5.00. The summed E-state index contributed by atoms with van der Waals surface area (Å²) in [7, 11) is 0. The normalized spacial score (nSPS) is 7.57. The SMILES string of the molecule is CC(=O)C(=O)[O-].CC(=O)CC(=O)[O-].CC(=O)CC(=O)[O-].[Co+3]. The molecule has 0 aliphatic carbocycles. The van der Waals surface area contributed by atoms with Crippen LogP contribution >= 0.6 is 0 Å². The van der Waals surface area contributed by atoms with Crippen LogP contribution in [0.5, 0.6) is 0 Å². The summed E-state index contributed by atoms with van der Waals surface area (Å²) in [5, 5.41) is 28.2. The van der Waals surface area contributed by atoms with Crippen molar-refractivity contribution in [1.29, 1.82) is 0 Å². The molecule has 0 saturated carbocycles. The van der Waals surface area contributed by atoms with Crippen molar-refractivity contribution < 1.29 is 60.9 Å². The Labute approximate surface area is 130 Å². The first-order chi connectivity index (χ1) is 8.89. The molecular weight excluding hydrogens is 335 g/mol. The average molecular weight is 348 g/mol. The maximum atomic E-state index is 9.83. The molecule has 21 heavy (non-hydrogen) atoms. The summed E-state index contributed by atoms with van der Waals surface area (Å²) in [5.41, 5.74) is 0. The molecule has 0 rings (SSSR count). The monoisotopic (exact) mass is 348 g/mol. The Bertz CT molecular complexity index is 338. The van der Waals surface area contributed by atoms with Crippen LogP contribution in [0.2, 0.25) is 0 Å². The van der Waals surface area contributed by atoms with Gasteiger partial charge in [0.05, 0.1) is 0 Å². The maximum absolute atomic E-state index is 9.83. The van der Waals surface area contributed by atoms with Gasteiger partial charge in [0.1, 0.15) is 17.5 Å². The predicted molar refractivity (Wildman–Crippen MR) is 56.3 cm³/mol. The minimum atomic E-state index is -1.63. The van der Waals surface area contributed by atoms with Gasteiger partial charge in [-0.05, 0) is 13.8 Å². The van der Waals surface area contributed by atoms with E-state index in [1.807, 2.05) is 0 Å². The smallest absolute Gasteiger partial charge is 0.550 e. The van der Waals surface area contributed by atoms with E-state index in [1.54, 1.807) is 0 Å². The second-order valence-electron chi connectivity index (χ2n) is 3.35. The Morgan fingerprint density at radius 1 is 0.667 bits per heavy atom. The van der Waals surface area contributed by atoms with E-state index in [0.29, 0.717) is 0 Å². The summed E-state index contributed by atoms with van der Waals surface area (Å²) >= 11 is 0. The van der Waals surface area contributed by atoms with Gasteiger partial charge in [0, 0.05) is 31.7 Å². The van der Waals surface area contributed by atoms with Crippen molar-refractivity contribution in [1.82, 2.24) is 0 Å². The third-order valence-electron chi connectivity index (χ3n) is 1.07. The summed E-state index contributed by atoms with van der Waals surface area (Å²) in [6.45, 7) is 3.35. The van der Waals surface area contributed by atoms with Gasteiger partial charge in [0.15, 0.2) is 5.78 Å². The van der Waals surface area contributed by atoms with Crippen LogP contribution < -0.4 is 15.3 Å². The molecule has 0 atom stereocenters. The summed E-state index contributed by atoms with van der Waals surface area (Å²) < 4.78 is 0. The molecule has 0 aromatic heterocycles. The molecular formula is C11H13CoO9. The van der Waals surface area contributed by atoms with E-state index in [9.17, 15) is 44.1 Å². The molecule has 0 aliphatic heterocycles. The van der Waals surface area contributed by atoms with Crippen molar-refractivity contribution in [2.75, 3.05) is 0 Å². The number of hydrogen-bond donors (Lipinski definition) is 0. The second kappa shape index (κ2) is 16.0. The molecule has 10 heteroatoms. The maximum Gasteiger partial charge on any atom is 3.00 e. The van der Waals surface area contributed by atoms with Gasteiger partial charge in [0.2, 0.25) is 0 Å². The fourth-order valence-corrected chi connectivity index (χ4v) is 0.407. The van der Waals surface area contributed by atoms with Crippen LogP contribution in [0.1, 0.15) is 33.6 Å². The van der Waals surface area contributed by atoms with Gasteiger partial charge in [-0.25, -0.2) is 0 Å². The van der Waals surface area contributed by atoms with Crippen LogP contribution in [0.3, 0.4) is 0 Å². The third kappa shape index (κ3) is 46.1. The Hall–Kier alpha value is -2.07. The number of ketones is 3. The van der Waals surface area contributed by atoms with Crippen molar-refractivity contribution in [3.05, 3.63) is 0 Å². The standard InChI is InChI=1S/2C4H6O3.C3H4O3.Co/c2*1-3(5)2-4(6)7;1-2(4)3(5)6;/h2*2H2,1H3,(H,6,7);1H3,(H,5,6);/q;;;+3/p-3. The number of carbonyl (C=O) groups is 6. The number of carbonyl (C=O) groups excluding carboxylic acids is 6. The largest absolute Gasteiger partial charge is 3.00 e. The van der Waals surface area contributed by atoms with Gasteiger partial charge in [-0.1, -0.05) is 0 Å². The predicted octanol–water partition coefficient (Wildman–Crippen LogP) is -4.25. The summed E-state index contributed by atoms with van der Waals surface area (Å²) in [5.74, 6) is -5.94. The molecule has 0 unspecified atom stereocenters. The van der Waals surface area contributed by atoms with Gasteiger partial charge in [-0.2, -0.15) is 0 Å². The zero-order chi connectivity index (χ0) is 16.9. The first-order valence-electron chi connectivity index (χ1n) is 5.00. The van der Waals surface area contributed by atoms with Crippen LogP contribution in [-0.4, -0.2) is 35.3 Å². The van der Waals surface area contributed by atoms with Crippen LogP contribution in [0.4, 0.5) is 0 Å². The zero-order valence-corrected chi connectivity index (χ0v) is 12.5. The van der Waals surface area contributed by atoms with E-state index in [0.717, 1.165) is 6.92 Å². The number of carboxylic acid groups (broad SMARTS) is 3. The second-order valence-corrected chi connectivity index (χ2v) is 3.35. The van der Waals surface area contributed by atoms with Crippen molar-refractivity contribution in [2.45, 2.75) is 33.6 Å². The zero-order valence-electron chi connectivity index (χ0n) is 11.4. The molecule has 9 nitrogen and oxygen atoms in total. The minimum absolute atomic E-state index is 0.